The van der Waals surface area contributed by atoms with Crippen molar-refractivity contribution >= 4 is 11.8 Å². The van der Waals surface area contributed by atoms with Crippen LogP contribution in [0.2, 0.25) is 0 Å². The summed E-state index contributed by atoms with van der Waals surface area (Å²) in [5, 5.41) is 0. The Morgan fingerprint density at radius 1 is 1.75 bits per heavy atom. The van der Waals surface area contributed by atoms with Crippen LogP contribution in [0.5, 0.6) is 0 Å². The SMILES string of the molecule is C=C(C)C1CC=C(CSC)CC1. The third-order valence-corrected chi connectivity index (χ3v) is 3.19. The normalized spacial score (nSPS) is 23.5. The molecule has 0 radical (unpaired) electrons. The van der Waals surface area contributed by atoms with Gasteiger partial charge in [0.25, 0.3) is 0 Å². The Morgan fingerprint density at radius 3 is 2.92 bits per heavy atom. The molecule has 1 aliphatic rings. The maximum Gasteiger partial charge on any atom is 0.0140 e. The van der Waals surface area contributed by atoms with Crippen molar-refractivity contribution in [2.24, 2.45) is 5.92 Å². The Hall–Kier alpha value is -0.170. The summed E-state index contributed by atoms with van der Waals surface area (Å²) in [5.74, 6) is 1.98. The van der Waals surface area contributed by atoms with Gasteiger partial charge < -0.3 is 0 Å². The molecule has 0 nitrogen and oxygen atoms in total. The number of hydrogen-bond donors (Lipinski definition) is 0. The zero-order valence-electron chi connectivity index (χ0n) is 8.10. The van der Waals surface area contributed by atoms with Gasteiger partial charge in [-0.25, -0.2) is 0 Å². The number of rotatable bonds is 3. The van der Waals surface area contributed by atoms with Crippen LogP contribution in [0.25, 0.3) is 0 Å². The predicted octanol–water partition coefficient (Wildman–Crippen LogP) is 3.65. The van der Waals surface area contributed by atoms with Crippen molar-refractivity contribution in [2.45, 2.75) is 26.2 Å². The monoisotopic (exact) mass is 182 g/mol. The van der Waals surface area contributed by atoms with Gasteiger partial charge in [-0.2, -0.15) is 11.8 Å². The number of allylic oxidation sites excluding steroid dienone is 2. The van der Waals surface area contributed by atoms with Crippen molar-refractivity contribution in [3.8, 4) is 0 Å². The third kappa shape index (κ3) is 2.71. The summed E-state index contributed by atoms with van der Waals surface area (Å²) >= 11 is 1.93. The summed E-state index contributed by atoms with van der Waals surface area (Å²) in [7, 11) is 0. The smallest absolute Gasteiger partial charge is 0.0140 e. The lowest BCUT2D eigenvalue weighted by molar-refractivity contribution is 0.541. The molecule has 1 heteroatoms. The molecule has 12 heavy (non-hydrogen) atoms. The molecule has 0 bridgehead atoms. The molecular weight excluding hydrogens is 164 g/mol. The van der Waals surface area contributed by atoms with Crippen LogP contribution in [0.1, 0.15) is 26.2 Å². The minimum absolute atomic E-state index is 0.760. The second-order valence-corrected chi connectivity index (χ2v) is 4.48. The van der Waals surface area contributed by atoms with Gasteiger partial charge >= 0.3 is 0 Å². The standard InChI is InChI=1S/C11H18S/c1-9(2)11-6-4-10(5-7-11)8-12-3/h4,11H,1,5-8H2,2-3H3. The molecule has 0 spiro atoms. The Balaban J connectivity index is 2.42. The molecule has 1 unspecified atom stereocenters. The van der Waals surface area contributed by atoms with Gasteiger partial charge in [-0.15, -0.1) is 0 Å². The Bertz CT molecular complexity index is 191. The van der Waals surface area contributed by atoms with E-state index in [1.807, 2.05) is 11.8 Å². The van der Waals surface area contributed by atoms with E-state index >= 15 is 0 Å². The lowest BCUT2D eigenvalue weighted by Crippen LogP contribution is -2.07. The first-order chi connectivity index (χ1) is 5.74. The molecule has 1 aliphatic carbocycles. The van der Waals surface area contributed by atoms with Gasteiger partial charge in [0.05, 0.1) is 0 Å². The summed E-state index contributed by atoms with van der Waals surface area (Å²) in [6.07, 6.45) is 8.43. The summed E-state index contributed by atoms with van der Waals surface area (Å²) < 4.78 is 0. The molecule has 0 N–H and O–H groups in total. The summed E-state index contributed by atoms with van der Waals surface area (Å²) in [5.41, 5.74) is 2.99. The van der Waals surface area contributed by atoms with E-state index in [1.54, 1.807) is 5.57 Å². The van der Waals surface area contributed by atoms with Crippen LogP contribution in [-0.2, 0) is 0 Å². The van der Waals surface area contributed by atoms with Crippen LogP contribution < -0.4 is 0 Å². The summed E-state index contributed by atoms with van der Waals surface area (Å²) in [4.78, 5) is 0. The van der Waals surface area contributed by atoms with Crippen molar-refractivity contribution in [3.05, 3.63) is 23.8 Å². The first-order valence-electron chi connectivity index (χ1n) is 4.56. The second-order valence-electron chi connectivity index (χ2n) is 3.61. The maximum absolute atomic E-state index is 4.02. The van der Waals surface area contributed by atoms with E-state index in [0.29, 0.717) is 0 Å². The van der Waals surface area contributed by atoms with Crippen molar-refractivity contribution in [1.82, 2.24) is 0 Å². The lowest BCUT2D eigenvalue weighted by atomic mass is 9.86. The van der Waals surface area contributed by atoms with E-state index in [0.717, 1.165) is 5.92 Å². The molecule has 0 amide bonds. The van der Waals surface area contributed by atoms with Crippen molar-refractivity contribution in [2.75, 3.05) is 12.0 Å². The van der Waals surface area contributed by atoms with Crippen LogP contribution in [0, 0.1) is 5.92 Å². The molecule has 0 fully saturated rings. The second kappa shape index (κ2) is 4.76. The van der Waals surface area contributed by atoms with E-state index in [-0.39, 0.29) is 0 Å². The fourth-order valence-electron chi connectivity index (χ4n) is 1.65. The van der Waals surface area contributed by atoms with Crippen LogP contribution in [0.15, 0.2) is 23.8 Å². The summed E-state index contributed by atoms with van der Waals surface area (Å²) in [6, 6.07) is 0. The quantitative estimate of drug-likeness (QED) is 0.600. The zero-order valence-corrected chi connectivity index (χ0v) is 8.91. The number of thioether (sulfide) groups is 1. The third-order valence-electron chi connectivity index (χ3n) is 2.53. The predicted molar refractivity (Wildman–Crippen MR) is 58.6 cm³/mol. The van der Waals surface area contributed by atoms with Gasteiger partial charge in [-0.05, 0) is 38.4 Å². The van der Waals surface area contributed by atoms with Gasteiger partial charge in [0.1, 0.15) is 0 Å². The van der Waals surface area contributed by atoms with Crippen LogP contribution in [0.3, 0.4) is 0 Å². The van der Waals surface area contributed by atoms with E-state index in [9.17, 15) is 0 Å². The van der Waals surface area contributed by atoms with E-state index < -0.39 is 0 Å². The molecule has 0 aromatic carbocycles. The topological polar surface area (TPSA) is 0 Å². The first kappa shape index (κ1) is 9.91. The van der Waals surface area contributed by atoms with Gasteiger partial charge in [-0.1, -0.05) is 23.8 Å². The summed E-state index contributed by atoms with van der Waals surface area (Å²) in [6.45, 7) is 6.17. The Labute approximate surface area is 80.1 Å². The Kier molecular flexibility index (Phi) is 3.93. The van der Waals surface area contributed by atoms with Crippen molar-refractivity contribution < 1.29 is 0 Å². The van der Waals surface area contributed by atoms with Gasteiger partial charge in [0.15, 0.2) is 0 Å². The molecule has 1 atom stereocenters. The molecule has 68 valence electrons. The molecule has 0 aromatic heterocycles. The van der Waals surface area contributed by atoms with E-state index in [4.69, 9.17) is 0 Å². The van der Waals surface area contributed by atoms with Crippen LogP contribution >= 0.6 is 11.8 Å². The highest BCUT2D eigenvalue weighted by molar-refractivity contribution is 7.98. The van der Waals surface area contributed by atoms with E-state index in [2.05, 4.69) is 25.8 Å². The molecular formula is C11H18S. The number of hydrogen-bond acceptors (Lipinski definition) is 1. The highest BCUT2D eigenvalue weighted by atomic mass is 32.2. The van der Waals surface area contributed by atoms with Gasteiger partial charge in [0.2, 0.25) is 0 Å². The minimum Gasteiger partial charge on any atom is -0.161 e. The van der Waals surface area contributed by atoms with Crippen LogP contribution in [-0.4, -0.2) is 12.0 Å². The average Bonchev–Trinajstić information content (AvgIpc) is 2.06. The lowest BCUT2D eigenvalue weighted by Gasteiger charge is -2.21. The maximum atomic E-state index is 4.02. The molecule has 0 aromatic rings. The molecule has 0 saturated heterocycles. The molecule has 1 rings (SSSR count). The fourth-order valence-corrected chi connectivity index (χ4v) is 2.29. The van der Waals surface area contributed by atoms with Crippen molar-refractivity contribution in [3.63, 3.8) is 0 Å². The molecule has 0 aliphatic heterocycles. The molecule has 0 saturated carbocycles. The van der Waals surface area contributed by atoms with Crippen LogP contribution in [0.4, 0.5) is 0 Å². The first-order valence-corrected chi connectivity index (χ1v) is 5.95. The highest BCUT2D eigenvalue weighted by Gasteiger charge is 2.13. The van der Waals surface area contributed by atoms with Gasteiger partial charge in [0, 0.05) is 5.75 Å². The Morgan fingerprint density at radius 2 is 2.50 bits per heavy atom. The fraction of sp³-hybridized carbons (Fsp3) is 0.636. The van der Waals surface area contributed by atoms with Crippen molar-refractivity contribution in [1.29, 1.82) is 0 Å². The van der Waals surface area contributed by atoms with Gasteiger partial charge in [-0.3, -0.25) is 0 Å². The minimum atomic E-state index is 0.760. The average molecular weight is 182 g/mol. The highest BCUT2D eigenvalue weighted by Crippen LogP contribution is 2.29. The zero-order chi connectivity index (χ0) is 8.97. The largest absolute Gasteiger partial charge is 0.161 e. The van der Waals surface area contributed by atoms with E-state index in [1.165, 1.54) is 30.6 Å². The molecule has 0 heterocycles.